The number of hydrogen-bond donors (Lipinski definition) is 0. The zero-order chi connectivity index (χ0) is 22.4. The van der Waals surface area contributed by atoms with Crippen molar-refractivity contribution in [2.24, 2.45) is 34.7 Å². The zero-order valence-electron chi connectivity index (χ0n) is 17.3. The molecule has 7 rings (SSSR count). The molecule has 2 aliphatic heterocycles. The molecule has 33 heavy (non-hydrogen) atoms. The van der Waals surface area contributed by atoms with E-state index in [9.17, 15) is 9.59 Å². The van der Waals surface area contributed by atoms with Crippen LogP contribution in [0.15, 0.2) is 65.8 Å². The molecule has 0 unspecified atom stereocenters. The number of rotatable bonds is 2. The van der Waals surface area contributed by atoms with Crippen LogP contribution in [0.25, 0.3) is 10.8 Å². The number of fused-ring (bicyclic) bond motifs is 9. The van der Waals surface area contributed by atoms with E-state index in [2.05, 4.69) is 5.16 Å². The highest BCUT2D eigenvalue weighted by molar-refractivity contribution is 6.37. The molecule has 164 valence electrons. The van der Waals surface area contributed by atoms with E-state index >= 15 is 0 Å². The average molecular weight is 477 g/mol. The van der Waals surface area contributed by atoms with Crippen LogP contribution in [-0.2, 0) is 14.4 Å². The number of carbonyl (C=O) groups is 2. The minimum atomic E-state index is -0.356. The molecular formula is C26H18Cl2N2O3. The number of benzene rings is 3. The molecule has 0 spiro atoms. The van der Waals surface area contributed by atoms with Crippen LogP contribution in [0.5, 0.6) is 0 Å². The molecule has 0 N–H and O–H groups in total. The Morgan fingerprint density at radius 3 is 2.39 bits per heavy atom. The summed E-state index contributed by atoms with van der Waals surface area (Å²) < 4.78 is 0. The fraction of sp³-hybridized carbons (Fsp3) is 0.269. The summed E-state index contributed by atoms with van der Waals surface area (Å²) in [6.45, 7) is 0. The van der Waals surface area contributed by atoms with E-state index < -0.39 is 0 Å². The predicted octanol–water partition coefficient (Wildman–Crippen LogP) is 5.32. The van der Waals surface area contributed by atoms with E-state index in [-0.39, 0.29) is 47.5 Å². The van der Waals surface area contributed by atoms with Gasteiger partial charge in [-0.05, 0) is 47.4 Å². The van der Waals surface area contributed by atoms with Gasteiger partial charge in [-0.25, -0.2) is 0 Å². The standard InChI is InChI=1S/C26H18Cl2N2O3/c27-14-6-8-16(19(28)10-14)23-22-17-11-18(24(22)33-29-23)21-20(17)25(31)30(26(21)32)15-7-5-12-3-1-2-4-13(12)9-15/h1-10,17-18,20-22,24H,11H2/t17-,18+,20-,21+,22+,24+/m1/s1. The van der Waals surface area contributed by atoms with Crippen molar-refractivity contribution < 1.29 is 14.4 Å². The van der Waals surface area contributed by atoms with Crippen molar-refractivity contribution in [1.29, 1.82) is 0 Å². The number of carbonyl (C=O) groups excluding carboxylic acids is 2. The molecule has 4 aliphatic rings. The molecule has 3 aromatic rings. The lowest BCUT2D eigenvalue weighted by molar-refractivity contribution is -0.125. The normalized spacial score (nSPS) is 31.7. The number of imide groups is 1. The summed E-state index contributed by atoms with van der Waals surface area (Å²) in [7, 11) is 0. The number of nitrogens with zero attached hydrogens (tertiary/aromatic N) is 2. The molecule has 0 radical (unpaired) electrons. The number of anilines is 1. The maximum Gasteiger partial charge on any atom is 0.238 e. The molecule has 6 atom stereocenters. The highest BCUT2D eigenvalue weighted by atomic mass is 35.5. The number of hydrogen-bond acceptors (Lipinski definition) is 4. The third-order valence-electron chi connectivity index (χ3n) is 7.89. The van der Waals surface area contributed by atoms with Crippen LogP contribution in [0, 0.1) is 29.6 Å². The topological polar surface area (TPSA) is 59.0 Å². The maximum atomic E-state index is 13.6. The Balaban J connectivity index is 1.25. The van der Waals surface area contributed by atoms with E-state index in [1.165, 1.54) is 4.90 Å². The molecular weight excluding hydrogens is 459 g/mol. The molecule has 2 amide bonds. The van der Waals surface area contributed by atoms with Gasteiger partial charge >= 0.3 is 0 Å². The second-order valence-electron chi connectivity index (χ2n) is 9.35. The maximum absolute atomic E-state index is 13.6. The molecule has 0 aromatic heterocycles. The fourth-order valence-corrected chi connectivity index (χ4v) is 7.12. The van der Waals surface area contributed by atoms with E-state index in [0.29, 0.717) is 15.7 Å². The van der Waals surface area contributed by atoms with Gasteiger partial charge in [-0.3, -0.25) is 14.5 Å². The van der Waals surface area contributed by atoms with Gasteiger partial charge in [0.25, 0.3) is 0 Å². The second-order valence-corrected chi connectivity index (χ2v) is 10.2. The Hall–Kier alpha value is -2.89. The highest BCUT2D eigenvalue weighted by Crippen LogP contribution is 2.62. The summed E-state index contributed by atoms with van der Waals surface area (Å²) >= 11 is 12.5. The lowest BCUT2D eigenvalue weighted by atomic mass is 9.71. The molecule has 2 saturated carbocycles. The van der Waals surface area contributed by atoms with Gasteiger partial charge in [0, 0.05) is 22.4 Å². The zero-order valence-corrected chi connectivity index (χ0v) is 18.8. The molecule has 5 nitrogen and oxygen atoms in total. The van der Waals surface area contributed by atoms with Gasteiger partial charge < -0.3 is 4.84 Å². The summed E-state index contributed by atoms with van der Waals surface area (Å²) in [4.78, 5) is 34.4. The summed E-state index contributed by atoms with van der Waals surface area (Å²) in [6, 6.07) is 19.0. The van der Waals surface area contributed by atoms with Gasteiger partial charge in [0.05, 0.1) is 28.3 Å². The van der Waals surface area contributed by atoms with E-state index in [0.717, 1.165) is 28.5 Å². The largest absolute Gasteiger partial charge is 0.391 e. The predicted molar refractivity (Wildman–Crippen MR) is 126 cm³/mol. The van der Waals surface area contributed by atoms with E-state index in [1.54, 1.807) is 12.1 Å². The molecule has 1 saturated heterocycles. The van der Waals surface area contributed by atoms with Gasteiger partial charge in [0.2, 0.25) is 11.8 Å². The van der Waals surface area contributed by atoms with Gasteiger partial charge in [0.15, 0.2) is 0 Å². The number of amides is 2. The first-order valence-electron chi connectivity index (χ1n) is 11.1. The fourth-order valence-electron chi connectivity index (χ4n) is 6.62. The Labute approximate surface area is 199 Å². The summed E-state index contributed by atoms with van der Waals surface area (Å²) in [5, 5.41) is 7.50. The smallest absolute Gasteiger partial charge is 0.238 e. The van der Waals surface area contributed by atoms with Crippen LogP contribution in [0.2, 0.25) is 10.0 Å². The van der Waals surface area contributed by atoms with Crippen LogP contribution in [0.1, 0.15) is 12.0 Å². The Morgan fingerprint density at radius 2 is 1.61 bits per heavy atom. The van der Waals surface area contributed by atoms with Crippen LogP contribution in [0.3, 0.4) is 0 Å². The van der Waals surface area contributed by atoms with Crippen LogP contribution in [0.4, 0.5) is 5.69 Å². The first-order valence-corrected chi connectivity index (χ1v) is 11.8. The third-order valence-corrected chi connectivity index (χ3v) is 8.44. The lowest BCUT2D eigenvalue weighted by Gasteiger charge is -2.30. The average Bonchev–Trinajstić information content (AvgIpc) is 3.54. The molecule has 2 aliphatic carbocycles. The van der Waals surface area contributed by atoms with Crippen molar-refractivity contribution in [3.8, 4) is 0 Å². The Kier molecular flexibility index (Phi) is 4.04. The first-order chi connectivity index (χ1) is 16.0. The minimum Gasteiger partial charge on any atom is -0.391 e. The summed E-state index contributed by atoms with van der Waals surface area (Å²) in [5.74, 6) is -1.02. The van der Waals surface area contributed by atoms with Gasteiger partial charge in [0.1, 0.15) is 6.10 Å². The van der Waals surface area contributed by atoms with E-state index in [4.69, 9.17) is 28.0 Å². The van der Waals surface area contributed by atoms with Crippen LogP contribution >= 0.6 is 23.2 Å². The van der Waals surface area contributed by atoms with Crippen LogP contribution in [-0.4, -0.2) is 23.6 Å². The molecule has 3 aromatic carbocycles. The van der Waals surface area contributed by atoms with Crippen LogP contribution < -0.4 is 4.90 Å². The van der Waals surface area contributed by atoms with Gasteiger partial charge in [-0.15, -0.1) is 0 Å². The third kappa shape index (κ3) is 2.58. The first kappa shape index (κ1) is 19.6. The SMILES string of the molecule is O=C1[C@@H]2[C@H]3C[C@H]([C@@H]4ON=C(c5ccc(Cl)cc5Cl)[C@H]34)[C@@H]2C(=O)N1c1ccc2ccccc2c1. The Bertz CT molecular complexity index is 1400. The van der Waals surface area contributed by atoms with Crippen molar-refractivity contribution in [2.75, 3.05) is 4.90 Å². The molecule has 2 bridgehead atoms. The second kappa shape index (κ2) is 6.81. The monoisotopic (exact) mass is 476 g/mol. The minimum absolute atomic E-state index is 0.0000915. The number of oxime groups is 1. The quantitative estimate of drug-likeness (QED) is 0.470. The van der Waals surface area contributed by atoms with Crippen molar-refractivity contribution >= 4 is 57.2 Å². The highest BCUT2D eigenvalue weighted by Gasteiger charge is 2.70. The number of halogens is 2. The van der Waals surface area contributed by atoms with Crippen molar-refractivity contribution in [1.82, 2.24) is 0 Å². The van der Waals surface area contributed by atoms with Gasteiger partial charge in [-0.1, -0.05) is 64.8 Å². The van der Waals surface area contributed by atoms with Crippen molar-refractivity contribution in [3.63, 3.8) is 0 Å². The molecule has 7 heteroatoms. The Morgan fingerprint density at radius 1 is 0.848 bits per heavy atom. The van der Waals surface area contributed by atoms with Crippen molar-refractivity contribution in [2.45, 2.75) is 12.5 Å². The summed E-state index contributed by atoms with van der Waals surface area (Å²) in [6.07, 6.45) is 0.587. The van der Waals surface area contributed by atoms with E-state index in [1.807, 2.05) is 48.5 Å². The lowest BCUT2D eigenvalue weighted by Crippen LogP contribution is -2.41. The van der Waals surface area contributed by atoms with Gasteiger partial charge in [-0.2, -0.15) is 0 Å². The summed E-state index contributed by atoms with van der Waals surface area (Å²) in [5.41, 5.74) is 2.18. The molecule has 3 fully saturated rings. The molecule has 2 heterocycles. The van der Waals surface area contributed by atoms with Crippen molar-refractivity contribution in [3.05, 3.63) is 76.3 Å².